The first kappa shape index (κ1) is 15.0. The number of aryl methyl sites for hydroxylation is 2. The van der Waals surface area contributed by atoms with Crippen LogP contribution in [0.1, 0.15) is 24.1 Å². The number of nitrogens with zero attached hydrogens (tertiary/aromatic N) is 3. The van der Waals surface area contributed by atoms with Crippen LogP contribution in [0.5, 0.6) is 0 Å². The average Bonchev–Trinajstić information content (AvgIpc) is 2.61. The van der Waals surface area contributed by atoms with Gasteiger partial charge in [-0.2, -0.15) is 5.10 Å². The summed E-state index contributed by atoms with van der Waals surface area (Å²) in [5.74, 6) is -0.0254. The number of aliphatic carboxylic acids is 1. The summed E-state index contributed by atoms with van der Waals surface area (Å²) in [7, 11) is 3.85. The van der Waals surface area contributed by atoms with Crippen LogP contribution in [0.4, 0.5) is 5.82 Å². The lowest BCUT2D eigenvalue weighted by molar-refractivity contribution is -0.131. The summed E-state index contributed by atoms with van der Waals surface area (Å²) in [6.45, 7) is 6.46. The lowest BCUT2D eigenvalue weighted by atomic mass is 10.2. The molecule has 0 fully saturated rings. The van der Waals surface area contributed by atoms with Crippen molar-refractivity contribution in [2.24, 2.45) is 7.05 Å². The van der Waals surface area contributed by atoms with E-state index in [-0.39, 0.29) is 0 Å². The third kappa shape index (κ3) is 3.98. The molecule has 0 aliphatic carbocycles. The lowest BCUT2D eigenvalue weighted by Crippen LogP contribution is -2.22. The van der Waals surface area contributed by atoms with E-state index >= 15 is 0 Å². The number of hydrogen-bond acceptors (Lipinski definition) is 3. The first-order valence-electron chi connectivity index (χ1n) is 6.24. The minimum atomic E-state index is -0.955. The molecule has 19 heavy (non-hydrogen) atoms. The third-order valence-electron chi connectivity index (χ3n) is 2.89. The summed E-state index contributed by atoms with van der Waals surface area (Å²) in [5, 5.41) is 13.1. The van der Waals surface area contributed by atoms with Crippen molar-refractivity contribution in [3.63, 3.8) is 0 Å². The summed E-state index contributed by atoms with van der Waals surface area (Å²) in [6.07, 6.45) is 6.61. The van der Waals surface area contributed by atoms with Crippen LogP contribution in [0.3, 0.4) is 0 Å². The largest absolute Gasteiger partial charge is 0.478 e. The molecule has 0 unspecified atom stereocenters. The molecule has 5 heteroatoms. The minimum Gasteiger partial charge on any atom is -0.478 e. The van der Waals surface area contributed by atoms with Crippen LogP contribution in [0.25, 0.3) is 6.08 Å². The SMILES string of the molecule is C=CCCCN(C)c1c(/C=C/C(=O)O)c(C)nn1C. The molecule has 104 valence electrons. The maximum absolute atomic E-state index is 10.6. The van der Waals surface area contributed by atoms with Gasteiger partial charge in [0.2, 0.25) is 0 Å². The number of carbonyl (C=O) groups is 1. The van der Waals surface area contributed by atoms with Crippen molar-refractivity contribution in [1.82, 2.24) is 9.78 Å². The van der Waals surface area contributed by atoms with E-state index in [1.807, 2.05) is 27.1 Å². The second kappa shape index (κ2) is 6.78. The average molecular weight is 263 g/mol. The number of unbranched alkanes of at least 4 members (excludes halogenated alkanes) is 1. The topological polar surface area (TPSA) is 58.4 Å². The van der Waals surface area contributed by atoms with Crippen LogP contribution in [0.15, 0.2) is 18.7 Å². The fourth-order valence-electron chi connectivity index (χ4n) is 2.04. The summed E-state index contributed by atoms with van der Waals surface area (Å²) in [5.41, 5.74) is 1.68. The van der Waals surface area contributed by atoms with E-state index in [0.717, 1.165) is 42.5 Å². The molecular weight excluding hydrogens is 242 g/mol. The van der Waals surface area contributed by atoms with Gasteiger partial charge < -0.3 is 10.0 Å². The lowest BCUT2D eigenvalue weighted by Gasteiger charge is -2.20. The molecule has 1 aromatic rings. The van der Waals surface area contributed by atoms with E-state index in [2.05, 4.69) is 16.6 Å². The van der Waals surface area contributed by atoms with Crippen molar-refractivity contribution in [3.05, 3.63) is 30.0 Å². The van der Waals surface area contributed by atoms with Crippen molar-refractivity contribution in [2.75, 3.05) is 18.5 Å². The molecule has 0 aliphatic rings. The van der Waals surface area contributed by atoms with Crippen molar-refractivity contribution in [1.29, 1.82) is 0 Å². The van der Waals surface area contributed by atoms with Crippen LogP contribution >= 0.6 is 0 Å². The molecule has 1 rings (SSSR count). The van der Waals surface area contributed by atoms with E-state index in [1.54, 1.807) is 10.8 Å². The Kier molecular flexibility index (Phi) is 5.36. The Labute approximate surface area is 113 Å². The highest BCUT2D eigenvalue weighted by atomic mass is 16.4. The molecule has 5 nitrogen and oxygen atoms in total. The molecule has 0 radical (unpaired) electrons. The Morgan fingerprint density at radius 3 is 2.84 bits per heavy atom. The van der Waals surface area contributed by atoms with Gasteiger partial charge in [0.15, 0.2) is 0 Å². The van der Waals surface area contributed by atoms with Crippen molar-refractivity contribution in [2.45, 2.75) is 19.8 Å². The van der Waals surface area contributed by atoms with E-state index in [9.17, 15) is 4.79 Å². The Morgan fingerprint density at radius 1 is 1.58 bits per heavy atom. The minimum absolute atomic E-state index is 0.825. The first-order chi connectivity index (χ1) is 8.97. The van der Waals surface area contributed by atoms with Gasteiger partial charge >= 0.3 is 5.97 Å². The molecule has 1 aromatic heterocycles. The molecule has 1 heterocycles. The normalized spacial score (nSPS) is 10.9. The Bertz CT molecular complexity index is 489. The summed E-state index contributed by atoms with van der Waals surface area (Å²) >= 11 is 0. The van der Waals surface area contributed by atoms with Gasteiger partial charge in [0.05, 0.1) is 5.69 Å². The number of carboxylic acids is 1. The van der Waals surface area contributed by atoms with Crippen LogP contribution in [-0.2, 0) is 11.8 Å². The van der Waals surface area contributed by atoms with E-state index in [1.165, 1.54) is 0 Å². The van der Waals surface area contributed by atoms with Gasteiger partial charge in [-0.15, -0.1) is 6.58 Å². The molecule has 0 saturated heterocycles. The van der Waals surface area contributed by atoms with Gasteiger partial charge in [0, 0.05) is 32.3 Å². The molecule has 0 aromatic carbocycles. The van der Waals surface area contributed by atoms with Crippen LogP contribution in [0, 0.1) is 6.92 Å². The number of aromatic nitrogens is 2. The number of allylic oxidation sites excluding steroid dienone is 1. The second-order valence-electron chi connectivity index (χ2n) is 4.47. The fourth-order valence-corrected chi connectivity index (χ4v) is 2.04. The summed E-state index contributed by atoms with van der Waals surface area (Å²) in [6, 6.07) is 0. The Balaban J connectivity index is 2.98. The molecule has 0 amide bonds. The highest BCUT2D eigenvalue weighted by Crippen LogP contribution is 2.24. The predicted octanol–water partition coefficient (Wildman–Crippen LogP) is 2.23. The van der Waals surface area contributed by atoms with Gasteiger partial charge in [0.1, 0.15) is 5.82 Å². The van der Waals surface area contributed by atoms with Crippen LogP contribution in [0.2, 0.25) is 0 Å². The van der Waals surface area contributed by atoms with E-state index < -0.39 is 5.97 Å². The van der Waals surface area contributed by atoms with Crippen molar-refractivity contribution >= 4 is 17.9 Å². The van der Waals surface area contributed by atoms with E-state index in [0.29, 0.717) is 0 Å². The standard InChI is InChI=1S/C14H21N3O2/c1-5-6-7-10-16(3)14-12(8-9-13(18)19)11(2)15-17(14)4/h5,8-9H,1,6-7,10H2,2-4H3,(H,18,19)/b9-8+. The molecule has 0 aliphatic heterocycles. The highest BCUT2D eigenvalue weighted by molar-refractivity contribution is 5.87. The Morgan fingerprint density at radius 2 is 2.26 bits per heavy atom. The van der Waals surface area contributed by atoms with E-state index in [4.69, 9.17) is 5.11 Å². The zero-order valence-corrected chi connectivity index (χ0v) is 11.8. The molecule has 0 spiro atoms. The maximum Gasteiger partial charge on any atom is 0.328 e. The smallest absolute Gasteiger partial charge is 0.328 e. The maximum atomic E-state index is 10.6. The van der Waals surface area contributed by atoms with Crippen LogP contribution < -0.4 is 4.90 Å². The molecular formula is C14H21N3O2. The molecule has 0 bridgehead atoms. The van der Waals surface area contributed by atoms with Gasteiger partial charge in [-0.25, -0.2) is 4.79 Å². The number of rotatable bonds is 7. The van der Waals surface area contributed by atoms with Crippen molar-refractivity contribution in [3.8, 4) is 0 Å². The van der Waals surface area contributed by atoms with Gasteiger partial charge in [-0.1, -0.05) is 6.08 Å². The monoisotopic (exact) mass is 263 g/mol. The van der Waals surface area contributed by atoms with Gasteiger partial charge in [-0.05, 0) is 25.8 Å². The number of carboxylic acid groups (broad SMARTS) is 1. The van der Waals surface area contributed by atoms with Gasteiger partial charge in [0.25, 0.3) is 0 Å². The molecule has 0 atom stereocenters. The Hall–Kier alpha value is -2.04. The first-order valence-corrected chi connectivity index (χ1v) is 6.24. The zero-order chi connectivity index (χ0) is 14.4. The summed E-state index contributed by atoms with van der Waals surface area (Å²) in [4.78, 5) is 12.7. The summed E-state index contributed by atoms with van der Waals surface area (Å²) < 4.78 is 1.78. The fraction of sp³-hybridized carbons (Fsp3) is 0.429. The van der Waals surface area contributed by atoms with Crippen LogP contribution in [-0.4, -0.2) is 34.4 Å². The zero-order valence-electron chi connectivity index (χ0n) is 11.8. The molecule has 0 saturated carbocycles. The quantitative estimate of drug-likeness (QED) is 0.465. The van der Waals surface area contributed by atoms with Gasteiger partial charge in [-0.3, -0.25) is 4.68 Å². The highest BCUT2D eigenvalue weighted by Gasteiger charge is 2.14. The predicted molar refractivity (Wildman–Crippen MR) is 77.3 cm³/mol. The number of hydrogen-bond donors (Lipinski definition) is 1. The number of anilines is 1. The molecule has 1 N–H and O–H groups in total. The third-order valence-corrected chi connectivity index (χ3v) is 2.89. The van der Waals surface area contributed by atoms with Crippen molar-refractivity contribution < 1.29 is 9.90 Å². The second-order valence-corrected chi connectivity index (χ2v) is 4.47.